The van der Waals surface area contributed by atoms with E-state index in [0.29, 0.717) is 17.6 Å². The number of hydrogen-bond acceptors (Lipinski definition) is 4. The summed E-state index contributed by atoms with van der Waals surface area (Å²) in [6.45, 7) is 4.51. The van der Waals surface area contributed by atoms with E-state index in [2.05, 4.69) is 9.97 Å². The van der Waals surface area contributed by atoms with Crippen molar-refractivity contribution >= 4 is 28.5 Å². The SMILES string of the molecule is Cc1ccc(N2CC(C)N(C(=O)c3ccc4nccnc4c3)CC2=O)cc1. The highest BCUT2D eigenvalue weighted by Crippen LogP contribution is 2.22. The van der Waals surface area contributed by atoms with Gasteiger partial charge in [-0.25, -0.2) is 0 Å². The van der Waals surface area contributed by atoms with Crippen LogP contribution in [0.2, 0.25) is 0 Å². The summed E-state index contributed by atoms with van der Waals surface area (Å²) in [5.74, 6) is -0.238. The Balaban J connectivity index is 1.56. The van der Waals surface area contributed by atoms with E-state index in [0.717, 1.165) is 16.8 Å². The van der Waals surface area contributed by atoms with Crippen LogP contribution in [0.3, 0.4) is 0 Å². The Hall–Kier alpha value is -3.28. The number of piperazine rings is 1. The molecule has 0 aliphatic carbocycles. The number of nitrogens with zero attached hydrogens (tertiary/aromatic N) is 4. The fourth-order valence-electron chi connectivity index (χ4n) is 3.36. The van der Waals surface area contributed by atoms with Crippen molar-refractivity contribution in [3.05, 3.63) is 66.0 Å². The van der Waals surface area contributed by atoms with Crippen molar-refractivity contribution in [1.82, 2.24) is 14.9 Å². The van der Waals surface area contributed by atoms with Crippen molar-refractivity contribution < 1.29 is 9.59 Å². The van der Waals surface area contributed by atoms with Crippen LogP contribution >= 0.6 is 0 Å². The van der Waals surface area contributed by atoms with Crippen LogP contribution in [-0.4, -0.2) is 45.8 Å². The first kappa shape index (κ1) is 17.1. The number of hydrogen-bond donors (Lipinski definition) is 0. The maximum Gasteiger partial charge on any atom is 0.254 e. The van der Waals surface area contributed by atoms with Crippen LogP contribution in [0.25, 0.3) is 11.0 Å². The van der Waals surface area contributed by atoms with Crippen molar-refractivity contribution in [2.45, 2.75) is 19.9 Å². The van der Waals surface area contributed by atoms with Gasteiger partial charge in [0.05, 0.1) is 11.0 Å². The number of rotatable bonds is 2. The summed E-state index contributed by atoms with van der Waals surface area (Å²) >= 11 is 0. The van der Waals surface area contributed by atoms with E-state index >= 15 is 0 Å². The molecule has 1 aliphatic rings. The Morgan fingerprint density at radius 1 is 1.04 bits per heavy atom. The summed E-state index contributed by atoms with van der Waals surface area (Å²) in [6, 6.07) is 13.0. The molecule has 0 radical (unpaired) electrons. The minimum atomic E-state index is -0.160. The van der Waals surface area contributed by atoms with Crippen molar-refractivity contribution in [2.75, 3.05) is 18.0 Å². The first-order valence-electron chi connectivity index (χ1n) is 8.92. The van der Waals surface area contributed by atoms with Crippen molar-refractivity contribution in [2.24, 2.45) is 0 Å². The summed E-state index contributed by atoms with van der Waals surface area (Å²) in [7, 11) is 0. The van der Waals surface area contributed by atoms with Gasteiger partial charge in [0, 0.05) is 36.2 Å². The molecule has 0 bridgehead atoms. The maximum absolute atomic E-state index is 13.0. The van der Waals surface area contributed by atoms with Gasteiger partial charge in [-0.05, 0) is 44.2 Å². The molecule has 0 spiro atoms. The summed E-state index contributed by atoms with van der Waals surface area (Å²) in [5.41, 5.74) is 3.94. The molecular formula is C21H20N4O2. The molecule has 1 unspecified atom stereocenters. The lowest BCUT2D eigenvalue weighted by Crippen LogP contribution is -2.57. The summed E-state index contributed by atoms with van der Waals surface area (Å²) < 4.78 is 0. The van der Waals surface area contributed by atoms with E-state index in [-0.39, 0.29) is 24.4 Å². The van der Waals surface area contributed by atoms with E-state index in [1.54, 1.807) is 40.4 Å². The molecule has 6 heteroatoms. The smallest absolute Gasteiger partial charge is 0.254 e. The number of carbonyl (C=O) groups excluding carboxylic acids is 2. The van der Waals surface area contributed by atoms with Gasteiger partial charge in [0.2, 0.25) is 5.91 Å². The fraction of sp³-hybridized carbons (Fsp3) is 0.238. The van der Waals surface area contributed by atoms with Gasteiger partial charge < -0.3 is 9.80 Å². The minimum absolute atomic E-state index is 0.0619. The Morgan fingerprint density at radius 2 is 1.74 bits per heavy atom. The van der Waals surface area contributed by atoms with Crippen LogP contribution in [0.5, 0.6) is 0 Å². The molecule has 1 fully saturated rings. The fourth-order valence-corrected chi connectivity index (χ4v) is 3.36. The lowest BCUT2D eigenvalue weighted by Gasteiger charge is -2.39. The lowest BCUT2D eigenvalue weighted by molar-refractivity contribution is -0.121. The van der Waals surface area contributed by atoms with E-state index in [4.69, 9.17) is 0 Å². The van der Waals surface area contributed by atoms with E-state index in [9.17, 15) is 9.59 Å². The predicted octanol–water partition coefficient (Wildman–Crippen LogP) is 2.82. The molecule has 27 heavy (non-hydrogen) atoms. The second-order valence-corrected chi connectivity index (χ2v) is 6.88. The van der Waals surface area contributed by atoms with Crippen LogP contribution < -0.4 is 4.90 Å². The van der Waals surface area contributed by atoms with Crippen LogP contribution in [0.4, 0.5) is 5.69 Å². The van der Waals surface area contributed by atoms with Gasteiger partial charge in [-0.15, -0.1) is 0 Å². The number of amides is 2. The summed E-state index contributed by atoms with van der Waals surface area (Å²) in [4.78, 5) is 37.5. The Kier molecular flexibility index (Phi) is 4.32. The van der Waals surface area contributed by atoms with Crippen molar-refractivity contribution in [3.63, 3.8) is 0 Å². The molecule has 3 aromatic rings. The number of carbonyl (C=O) groups is 2. The van der Waals surface area contributed by atoms with Crippen LogP contribution in [0.15, 0.2) is 54.9 Å². The molecular weight excluding hydrogens is 340 g/mol. The third-order valence-corrected chi connectivity index (χ3v) is 4.91. The average Bonchev–Trinajstić information content (AvgIpc) is 2.69. The Morgan fingerprint density at radius 3 is 2.48 bits per heavy atom. The maximum atomic E-state index is 13.0. The zero-order chi connectivity index (χ0) is 19.0. The first-order chi connectivity index (χ1) is 13.0. The number of anilines is 1. The highest BCUT2D eigenvalue weighted by atomic mass is 16.2. The molecule has 1 saturated heterocycles. The first-order valence-corrected chi connectivity index (χ1v) is 8.92. The molecule has 2 amide bonds. The summed E-state index contributed by atoms with van der Waals surface area (Å²) in [6.07, 6.45) is 3.22. The Bertz CT molecular complexity index is 1020. The predicted molar refractivity (Wildman–Crippen MR) is 104 cm³/mol. The van der Waals surface area contributed by atoms with E-state index < -0.39 is 0 Å². The molecule has 1 aromatic heterocycles. The molecule has 2 heterocycles. The molecule has 0 saturated carbocycles. The van der Waals surface area contributed by atoms with Gasteiger partial charge in [0.25, 0.3) is 5.91 Å². The quantitative estimate of drug-likeness (QED) is 0.705. The van der Waals surface area contributed by atoms with Gasteiger partial charge >= 0.3 is 0 Å². The third kappa shape index (κ3) is 3.26. The number of benzene rings is 2. The highest BCUT2D eigenvalue weighted by Gasteiger charge is 2.33. The molecule has 1 atom stereocenters. The molecule has 2 aromatic carbocycles. The second kappa shape index (κ2) is 6.79. The molecule has 0 N–H and O–H groups in total. The topological polar surface area (TPSA) is 66.4 Å². The van der Waals surface area contributed by atoms with Gasteiger partial charge in [0.1, 0.15) is 6.54 Å². The van der Waals surface area contributed by atoms with Gasteiger partial charge in [0.15, 0.2) is 0 Å². The van der Waals surface area contributed by atoms with E-state index in [1.807, 2.05) is 38.1 Å². The lowest BCUT2D eigenvalue weighted by atomic mass is 10.1. The monoisotopic (exact) mass is 360 g/mol. The number of aromatic nitrogens is 2. The van der Waals surface area contributed by atoms with Crippen molar-refractivity contribution in [1.29, 1.82) is 0 Å². The van der Waals surface area contributed by atoms with Gasteiger partial charge in [-0.1, -0.05) is 17.7 Å². The van der Waals surface area contributed by atoms with Crippen LogP contribution in [-0.2, 0) is 4.79 Å². The normalized spacial score (nSPS) is 17.4. The zero-order valence-corrected chi connectivity index (χ0v) is 15.3. The van der Waals surface area contributed by atoms with Gasteiger partial charge in [-0.3, -0.25) is 19.6 Å². The summed E-state index contributed by atoms with van der Waals surface area (Å²) in [5, 5.41) is 0. The molecule has 6 nitrogen and oxygen atoms in total. The molecule has 136 valence electrons. The second-order valence-electron chi connectivity index (χ2n) is 6.88. The third-order valence-electron chi connectivity index (χ3n) is 4.91. The van der Waals surface area contributed by atoms with Crippen LogP contribution in [0.1, 0.15) is 22.8 Å². The average molecular weight is 360 g/mol. The van der Waals surface area contributed by atoms with Gasteiger partial charge in [-0.2, -0.15) is 0 Å². The van der Waals surface area contributed by atoms with Crippen LogP contribution in [0, 0.1) is 6.92 Å². The highest BCUT2D eigenvalue weighted by molar-refractivity contribution is 6.03. The molecule has 1 aliphatic heterocycles. The standard InChI is InChI=1S/C21H20N4O2/c1-14-3-6-17(7-4-14)25-12-15(2)24(13-20(25)26)21(27)16-5-8-18-19(11-16)23-10-9-22-18/h3-11,15H,12-13H2,1-2H3. The minimum Gasteiger partial charge on any atom is -0.325 e. The number of aryl methyl sites for hydroxylation is 1. The Labute approximate surface area is 157 Å². The zero-order valence-electron chi connectivity index (χ0n) is 15.3. The number of fused-ring (bicyclic) bond motifs is 1. The largest absolute Gasteiger partial charge is 0.325 e. The van der Waals surface area contributed by atoms with E-state index in [1.165, 1.54) is 0 Å². The van der Waals surface area contributed by atoms with Crippen molar-refractivity contribution in [3.8, 4) is 0 Å². The molecule has 4 rings (SSSR count).